The Morgan fingerprint density at radius 1 is 1.04 bits per heavy atom. The smallest absolute Gasteiger partial charge is 0.249 e. The van der Waals surface area contributed by atoms with E-state index in [1.165, 1.54) is 0 Å². The van der Waals surface area contributed by atoms with Crippen LogP contribution in [0.4, 0.5) is 0 Å². The molecule has 0 unspecified atom stereocenters. The molecule has 6 N–H and O–H groups in total. The Morgan fingerprint density at radius 3 is 2.08 bits per heavy atom. The summed E-state index contributed by atoms with van der Waals surface area (Å²) in [6, 6.07) is 8.84. The maximum absolute atomic E-state index is 12.0. The first-order valence-electron chi connectivity index (χ1n) is 7.84. The lowest BCUT2D eigenvalue weighted by molar-refractivity contribution is -0.357. The molecule has 1 aliphatic carbocycles. The van der Waals surface area contributed by atoms with E-state index >= 15 is 0 Å². The first-order valence-corrected chi connectivity index (χ1v) is 7.84. The van der Waals surface area contributed by atoms with Crippen LogP contribution in [-0.4, -0.2) is 83.8 Å². The van der Waals surface area contributed by atoms with Gasteiger partial charge in [-0.1, -0.05) is 30.3 Å². The Kier molecular flexibility index (Phi) is 4.58. The number of carbonyl (C=O) groups excluding carboxylic acids is 1. The fourth-order valence-corrected chi connectivity index (χ4v) is 3.51. The number of hydrogen-bond donors (Lipinski definition) is 6. The van der Waals surface area contributed by atoms with E-state index in [1.807, 2.05) is 0 Å². The maximum Gasteiger partial charge on any atom is 0.249 e. The van der Waals surface area contributed by atoms with Gasteiger partial charge in [0.25, 0.3) is 0 Å². The second-order valence-electron chi connectivity index (χ2n) is 6.54. The SMILES string of the molecule is O=C1C[C@]2([C@H](O)[C@H](O)[C@@](O)(CO)[C@@H](O)[C@H]2O)N1OCc1ccccc1. The number of hydrogen-bond acceptors (Lipinski definition) is 8. The molecule has 1 aromatic rings. The van der Waals surface area contributed by atoms with Crippen LogP contribution < -0.4 is 0 Å². The highest BCUT2D eigenvalue weighted by atomic mass is 16.7. The molecule has 0 aromatic heterocycles. The quantitative estimate of drug-likeness (QED) is 0.319. The Balaban J connectivity index is 1.85. The first-order chi connectivity index (χ1) is 11.8. The third kappa shape index (κ3) is 2.48. The molecule has 1 saturated carbocycles. The van der Waals surface area contributed by atoms with Gasteiger partial charge in [-0.25, -0.2) is 5.06 Å². The average molecular weight is 355 g/mol. The molecule has 2 fully saturated rings. The van der Waals surface area contributed by atoms with Gasteiger partial charge in [-0.05, 0) is 5.56 Å². The van der Waals surface area contributed by atoms with Gasteiger partial charge >= 0.3 is 0 Å². The van der Waals surface area contributed by atoms with E-state index < -0.39 is 48.1 Å². The topological polar surface area (TPSA) is 151 Å². The molecule has 1 amide bonds. The molecular weight excluding hydrogens is 334 g/mol. The van der Waals surface area contributed by atoms with Crippen molar-refractivity contribution in [1.29, 1.82) is 0 Å². The van der Waals surface area contributed by atoms with E-state index in [0.717, 1.165) is 10.6 Å². The van der Waals surface area contributed by atoms with Crippen LogP contribution >= 0.6 is 0 Å². The van der Waals surface area contributed by atoms with E-state index in [2.05, 4.69) is 0 Å². The summed E-state index contributed by atoms with van der Waals surface area (Å²) in [4.78, 5) is 17.4. The van der Waals surface area contributed by atoms with Gasteiger partial charge in [0, 0.05) is 0 Å². The Labute approximate surface area is 143 Å². The zero-order chi connectivity index (χ0) is 18.4. The molecule has 1 aliphatic heterocycles. The summed E-state index contributed by atoms with van der Waals surface area (Å²) >= 11 is 0. The molecule has 1 aromatic carbocycles. The highest BCUT2D eigenvalue weighted by molar-refractivity contribution is 5.84. The Bertz CT molecular complexity index is 622. The van der Waals surface area contributed by atoms with Crippen LogP contribution in [0.5, 0.6) is 0 Å². The first kappa shape index (κ1) is 18.2. The van der Waals surface area contributed by atoms with Crippen molar-refractivity contribution in [3.05, 3.63) is 35.9 Å². The summed E-state index contributed by atoms with van der Waals surface area (Å²) in [6.07, 6.45) is -8.05. The lowest BCUT2D eigenvalue weighted by Gasteiger charge is -2.61. The van der Waals surface area contributed by atoms with Crippen LogP contribution in [0, 0.1) is 0 Å². The van der Waals surface area contributed by atoms with Gasteiger partial charge in [0.1, 0.15) is 42.2 Å². The minimum atomic E-state index is -2.52. The lowest BCUT2D eigenvalue weighted by atomic mass is 9.62. The van der Waals surface area contributed by atoms with Gasteiger partial charge in [-0.15, -0.1) is 0 Å². The van der Waals surface area contributed by atoms with Gasteiger partial charge in [-0.3, -0.25) is 9.63 Å². The van der Waals surface area contributed by atoms with Crippen LogP contribution in [0.1, 0.15) is 12.0 Å². The van der Waals surface area contributed by atoms with Crippen molar-refractivity contribution >= 4 is 5.91 Å². The van der Waals surface area contributed by atoms with Crippen molar-refractivity contribution in [1.82, 2.24) is 5.06 Å². The van der Waals surface area contributed by atoms with Crippen LogP contribution in [-0.2, 0) is 16.2 Å². The van der Waals surface area contributed by atoms with E-state index in [9.17, 15) is 35.4 Å². The van der Waals surface area contributed by atoms with Crippen molar-refractivity contribution in [2.24, 2.45) is 0 Å². The van der Waals surface area contributed by atoms with Gasteiger partial charge < -0.3 is 30.6 Å². The molecule has 138 valence electrons. The molecule has 9 heteroatoms. The summed E-state index contributed by atoms with van der Waals surface area (Å²) in [5.41, 5.74) is -3.61. The van der Waals surface area contributed by atoms with E-state index in [4.69, 9.17) is 4.84 Å². The molecule has 1 saturated heterocycles. The standard InChI is InChI=1S/C16H21NO8/c18-8-16(24)13(22)11(20)15(12(21)14(16)23)6-10(19)17(15)25-7-9-4-2-1-3-5-9/h1-5,11-14,18,20-24H,6-8H2/t11-,12-,13+,14+,15-,16+/m1/s1. The Morgan fingerprint density at radius 2 is 1.60 bits per heavy atom. The fourth-order valence-electron chi connectivity index (χ4n) is 3.51. The predicted octanol–water partition coefficient (Wildman–Crippen LogP) is -2.73. The van der Waals surface area contributed by atoms with Gasteiger partial charge in [0.15, 0.2) is 0 Å². The average Bonchev–Trinajstić information content (AvgIpc) is 2.62. The van der Waals surface area contributed by atoms with E-state index in [0.29, 0.717) is 0 Å². The minimum Gasteiger partial charge on any atom is -0.393 e. The number of hydroxylamine groups is 2. The monoisotopic (exact) mass is 355 g/mol. The molecule has 3 rings (SSSR count). The van der Waals surface area contributed by atoms with Crippen LogP contribution in [0.2, 0.25) is 0 Å². The summed E-state index contributed by atoms with van der Waals surface area (Å²) in [7, 11) is 0. The van der Waals surface area contributed by atoms with Crippen LogP contribution in [0.3, 0.4) is 0 Å². The predicted molar refractivity (Wildman–Crippen MR) is 81.5 cm³/mol. The third-order valence-corrected chi connectivity index (χ3v) is 5.14. The number of rotatable bonds is 4. The molecule has 0 bridgehead atoms. The highest BCUT2D eigenvalue weighted by Gasteiger charge is 2.72. The summed E-state index contributed by atoms with van der Waals surface area (Å²) in [6.45, 7) is -1.12. The van der Waals surface area contributed by atoms with Crippen molar-refractivity contribution in [2.75, 3.05) is 6.61 Å². The Hall–Kier alpha value is -1.59. The number of nitrogens with zero attached hydrogens (tertiary/aromatic N) is 1. The zero-order valence-corrected chi connectivity index (χ0v) is 13.3. The molecule has 2 aliphatic rings. The minimum absolute atomic E-state index is 0.0375. The molecular formula is C16H21NO8. The molecule has 1 heterocycles. The number of aliphatic hydroxyl groups is 6. The third-order valence-electron chi connectivity index (χ3n) is 5.14. The van der Waals surface area contributed by atoms with E-state index in [-0.39, 0.29) is 13.0 Å². The summed E-state index contributed by atoms with van der Waals surface area (Å²) < 4.78 is 0. The number of carbonyl (C=O) groups is 1. The van der Waals surface area contributed by atoms with Crippen LogP contribution in [0.25, 0.3) is 0 Å². The molecule has 0 radical (unpaired) electrons. The molecule has 4 atom stereocenters. The van der Waals surface area contributed by atoms with Gasteiger partial charge in [0.2, 0.25) is 5.91 Å². The largest absolute Gasteiger partial charge is 0.393 e. The van der Waals surface area contributed by atoms with Crippen molar-refractivity contribution in [3.8, 4) is 0 Å². The summed E-state index contributed by atoms with van der Waals surface area (Å²) in [5, 5.41) is 61.3. The fraction of sp³-hybridized carbons (Fsp3) is 0.562. The zero-order valence-electron chi connectivity index (χ0n) is 13.3. The van der Waals surface area contributed by atoms with Gasteiger partial charge in [0.05, 0.1) is 13.0 Å². The van der Waals surface area contributed by atoms with Crippen LogP contribution in [0.15, 0.2) is 30.3 Å². The number of benzene rings is 1. The van der Waals surface area contributed by atoms with Crippen molar-refractivity contribution in [3.63, 3.8) is 0 Å². The normalized spacial score (nSPS) is 41.0. The van der Waals surface area contributed by atoms with Crippen molar-refractivity contribution in [2.45, 2.75) is 48.6 Å². The summed E-state index contributed by atoms with van der Waals surface area (Å²) in [5.74, 6) is -0.553. The maximum atomic E-state index is 12.0. The molecule has 9 nitrogen and oxygen atoms in total. The number of aliphatic hydroxyl groups excluding tert-OH is 5. The molecule has 25 heavy (non-hydrogen) atoms. The second-order valence-corrected chi connectivity index (χ2v) is 6.54. The molecule has 1 spiro atoms. The van der Waals surface area contributed by atoms with Crippen molar-refractivity contribution < 1.29 is 40.3 Å². The number of β-lactam (4-membered cyclic amide) rings is 1. The van der Waals surface area contributed by atoms with E-state index in [1.54, 1.807) is 30.3 Å². The van der Waals surface area contributed by atoms with Gasteiger partial charge in [-0.2, -0.15) is 0 Å². The number of amides is 1. The highest BCUT2D eigenvalue weighted by Crippen LogP contribution is 2.47. The second kappa shape index (κ2) is 6.29. The lowest BCUT2D eigenvalue weighted by Crippen LogP contribution is -2.85.